The molecule has 1 aliphatic heterocycles. The minimum atomic E-state index is -2.88. The van der Waals surface area contributed by atoms with E-state index in [4.69, 9.17) is 4.74 Å². The number of fused-ring (bicyclic) bond motifs is 4. The summed E-state index contributed by atoms with van der Waals surface area (Å²) in [7, 11) is 0. The highest BCUT2D eigenvalue weighted by molar-refractivity contribution is 5.96. The zero-order chi connectivity index (χ0) is 22.8. The number of nitrogens with one attached hydrogen (secondary N) is 2. The maximum absolute atomic E-state index is 13.6. The third kappa shape index (κ3) is 5.48. The summed E-state index contributed by atoms with van der Waals surface area (Å²) in [6.45, 7) is 4.11. The van der Waals surface area contributed by atoms with Crippen LogP contribution in [0.15, 0.2) is 42.6 Å². The lowest BCUT2D eigenvalue weighted by Gasteiger charge is -2.24. The van der Waals surface area contributed by atoms with Crippen molar-refractivity contribution in [1.82, 2.24) is 15.1 Å². The molecule has 0 aliphatic carbocycles. The van der Waals surface area contributed by atoms with Gasteiger partial charge in [0.25, 0.3) is 0 Å². The number of alkyl halides is 2. The molecule has 0 saturated heterocycles. The number of amides is 2. The molecule has 166 valence electrons. The van der Waals surface area contributed by atoms with Crippen molar-refractivity contribution < 1.29 is 23.1 Å². The summed E-state index contributed by atoms with van der Waals surface area (Å²) in [5, 5.41) is 9.27. The lowest BCUT2D eigenvalue weighted by atomic mass is 9.98. The first kappa shape index (κ1) is 22.5. The molecule has 2 bridgehead atoms. The van der Waals surface area contributed by atoms with Crippen molar-refractivity contribution in [3.05, 3.63) is 48.2 Å². The van der Waals surface area contributed by atoms with Crippen LogP contribution < -0.4 is 10.6 Å². The van der Waals surface area contributed by atoms with Gasteiger partial charge in [-0.2, -0.15) is 13.9 Å². The molecule has 2 heterocycles. The third-order valence-electron chi connectivity index (χ3n) is 4.70. The zero-order valence-corrected chi connectivity index (χ0v) is 17.9. The lowest BCUT2D eigenvalue weighted by Crippen LogP contribution is -2.35. The third-order valence-corrected chi connectivity index (χ3v) is 4.70. The number of hydrogen-bond acceptors (Lipinski definition) is 4. The Kier molecular flexibility index (Phi) is 6.42. The summed E-state index contributed by atoms with van der Waals surface area (Å²) in [6.07, 6.45) is 4.53. The molecule has 31 heavy (non-hydrogen) atoms. The quantitative estimate of drug-likeness (QED) is 0.651. The van der Waals surface area contributed by atoms with Gasteiger partial charge in [-0.25, -0.2) is 9.48 Å². The largest absolute Gasteiger partial charge is 0.444 e. The van der Waals surface area contributed by atoms with Gasteiger partial charge in [0.1, 0.15) is 5.60 Å². The van der Waals surface area contributed by atoms with Gasteiger partial charge in [-0.05, 0) is 38.8 Å². The molecule has 0 unspecified atom stereocenters. The van der Waals surface area contributed by atoms with Crippen LogP contribution in [0.25, 0.3) is 11.3 Å². The van der Waals surface area contributed by atoms with Gasteiger partial charge < -0.3 is 15.4 Å². The van der Waals surface area contributed by atoms with Crippen molar-refractivity contribution in [2.24, 2.45) is 5.92 Å². The minimum Gasteiger partial charge on any atom is -0.444 e. The van der Waals surface area contributed by atoms with Crippen molar-refractivity contribution in [2.75, 3.05) is 5.32 Å². The van der Waals surface area contributed by atoms with Gasteiger partial charge in [0.15, 0.2) is 0 Å². The summed E-state index contributed by atoms with van der Waals surface area (Å²) in [6, 6.07) is 6.39. The van der Waals surface area contributed by atoms with Crippen LogP contribution in [-0.4, -0.2) is 27.4 Å². The number of benzene rings is 1. The van der Waals surface area contributed by atoms with E-state index in [0.29, 0.717) is 22.2 Å². The number of hydrogen-bond donors (Lipinski definition) is 2. The Hall–Kier alpha value is -3.23. The van der Waals surface area contributed by atoms with Crippen molar-refractivity contribution in [3.63, 3.8) is 0 Å². The van der Waals surface area contributed by atoms with Crippen LogP contribution in [0, 0.1) is 5.92 Å². The number of carbonyl (C=O) groups is 2. The van der Waals surface area contributed by atoms with Crippen LogP contribution in [-0.2, 0) is 9.53 Å². The second-order valence-electron chi connectivity index (χ2n) is 8.40. The van der Waals surface area contributed by atoms with Crippen molar-refractivity contribution in [3.8, 4) is 11.3 Å². The number of anilines is 1. The summed E-state index contributed by atoms with van der Waals surface area (Å²) in [5.74, 6) is -0.859. The Balaban J connectivity index is 2.07. The predicted octanol–water partition coefficient (Wildman–Crippen LogP) is 5.05. The highest BCUT2D eigenvalue weighted by Gasteiger charge is 2.24. The molecule has 2 amide bonds. The van der Waals surface area contributed by atoms with Crippen LogP contribution >= 0.6 is 0 Å². The molecular weight excluding hydrogens is 406 g/mol. The van der Waals surface area contributed by atoms with E-state index in [9.17, 15) is 18.4 Å². The van der Waals surface area contributed by atoms with E-state index in [1.54, 1.807) is 58.0 Å². The van der Waals surface area contributed by atoms with E-state index in [1.165, 1.54) is 6.20 Å². The lowest BCUT2D eigenvalue weighted by molar-refractivity contribution is -0.118. The van der Waals surface area contributed by atoms with Crippen molar-refractivity contribution in [2.45, 2.75) is 52.3 Å². The number of nitrogens with zero attached hydrogens (tertiary/aromatic N) is 2. The zero-order valence-electron chi connectivity index (χ0n) is 17.9. The highest BCUT2D eigenvalue weighted by atomic mass is 19.3. The molecule has 0 fully saturated rings. The summed E-state index contributed by atoms with van der Waals surface area (Å²) in [5.41, 5.74) is 0.774. The summed E-state index contributed by atoms with van der Waals surface area (Å²) in [4.78, 5) is 24.9. The molecule has 9 heteroatoms. The molecule has 1 aliphatic rings. The number of carbonyl (C=O) groups excluding carboxylic acids is 2. The maximum atomic E-state index is 13.6. The Morgan fingerprint density at radius 3 is 2.77 bits per heavy atom. The Morgan fingerprint density at radius 1 is 1.35 bits per heavy atom. The average molecular weight is 432 g/mol. The Morgan fingerprint density at radius 2 is 2.10 bits per heavy atom. The molecule has 2 atom stereocenters. The second kappa shape index (κ2) is 8.87. The van der Waals surface area contributed by atoms with Crippen LogP contribution in [0.2, 0.25) is 0 Å². The van der Waals surface area contributed by atoms with E-state index in [0.717, 1.165) is 0 Å². The molecule has 0 saturated carbocycles. The van der Waals surface area contributed by atoms with Crippen LogP contribution in [0.3, 0.4) is 0 Å². The standard InChI is InChI=1S/C22H26F2N4O3/c1-13-7-5-10-16(27-21(30)31-22(2,3)4)14-8-6-9-15(11-14)18-17(26-19(13)29)12-25-28(18)20(23)24/h5-9,11-13,16,20H,10H2,1-4H3,(H,26,29)(H,27,30)/t13-,16+/m1/s1. The normalized spacial score (nSPS) is 19.1. The monoisotopic (exact) mass is 432 g/mol. The van der Waals surface area contributed by atoms with E-state index in [2.05, 4.69) is 15.7 Å². The fourth-order valence-corrected chi connectivity index (χ4v) is 3.27. The molecule has 1 aromatic carbocycles. The minimum absolute atomic E-state index is 0.0953. The van der Waals surface area contributed by atoms with Crippen LogP contribution in [0.4, 0.5) is 19.3 Å². The van der Waals surface area contributed by atoms with Crippen molar-refractivity contribution in [1.29, 1.82) is 0 Å². The fraction of sp³-hybridized carbons (Fsp3) is 0.409. The van der Waals surface area contributed by atoms with E-state index < -0.39 is 30.2 Å². The Labute approximate surface area is 179 Å². The molecule has 1 aromatic heterocycles. The molecule has 3 rings (SSSR count). The summed E-state index contributed by atoms with van der Waals surface area (Å²) < 4.78 is 33.1. The predicted molar refractivity (Wildman–Crippen MR) is 113 cm³/mol. The fourth-order valence-electron chi connectivity index (χ4n) is 3.27. The number of aromatic nitrogens is 2. The van der Waals surface area contributed by atoms with E-state index >= 15 is 0 Å². The first-order valence-electron chi connectivity index (χ1n) is 9.98. The van der Waals surface area contributed by atoms with Crippen LogP contribution in [0.5, 0.6) is 0 Å². The second-order valence-corrected chi connectivity index (χ2v) is 8.40. The number of rotatable bonds is 2. The molecule has 2 aromatic rings. The average Bonchev–Trinajstić information content (AvgIpc) is 3.08. The van der Waals surface area contributed by atoms with Gasteiger partial charge in [-0.15, -0.1) is 0 Å². The highest BCUT2D eigenvalue weighted by Crippen LogP contribution is 2.34. The first-order chi connectivity index (χ1) is 14.5. The first-order valence-corrected chi connectivity index (χ1v) is 9.98. The molecule has 7 nitrogen and oxygen atoms in total. The molecule has 0 spiro atoms. The van der Waals surface area contributed by atoms with Gasteiger partial charge >= 0.3 is 12.6 Å². The summed E-state index contributed by atoms with van der Waals surface area (Å²) >= 11 is 0. The smallest absolute Gasteiger partial charge is 0.408 e. The van der Waals surface area contributed by atoms with Gasteiger partial charge in [0, 0.05) is 5.56 Å². The van der Waals surface area contributed by atoms with E-state index in [1.807, 2.05) is 6.08 Å². The van der Waals surface area contributed by atoms with Crippen LogP contribution in [0.1, 0.15) is 52.3 Å². The van der Waals surface area contributed by atoms with E-state index in [-0.39, 0.29) is 17.3 Å². The van der Waals surface area contributed by atoms with Crippen molar-refractivity contribution >= 4 is 17.7 Å². The number of halogens is 2. The van der Waals surface area contributed by atoms with Gasteiger partial charge in [0.2, 0.25) is 5.91 Å². The SMILES string of the molecule is C[C@@H]1C=CC[C@H](NC(=O)OC(C)(C)C)c2cccc(c2)-c2c(cnn2C(F)F)NC1=O. The van der Waals surface area contributed by atoms with Gasteiger partial charge in [-0.3, -0.25) is 4.79 Å². The number of alkyl carbamates (subject to hydrolysis) is 1. The molecular formula is C22H26F2N4O3. The Bertz CT molecular complexity index is 995. The maximum Gasteiger partial charge on any atom is 0.408 e. The number of ether oxygens (including phenoxy) is 1. The van der Waals surface area contributed by atoms with Gasteiger partial charge in [0.05, 0.1) is 29.5 Å². The topological polar surface area (TPSA) is 85.2 Å². The molecule has 0 radical (unpaired) electrons. The van der Waals surface area contributed by atoms with Gasteiger partial charge in [-0.1, -0.05) is 37.3 Å². The molecule has 2 N–H and O–H groups in total.